The average molecular weight is 376 g/mol. The number of phenols is 1. The Morgan fingerprint density at radius 1 is 1.07 bits per heavy atom. The highest BCUT2D eigenvalue weighted by atomic mass is 16.5. The summed E-state index contributed by atoms with van der Waals surface area (Å²) in [6.07, 6.45) is 4.05. The molecule has 0 aliphatic rings. The summed E-state index contributed by atoms with van der Waals surface area (Å²) in [5.41, 5.74) is 3.47. The van der Waals surface area contributed by atoms with Gasteiger partial charge in [0.1, 0.15) is 11.5 Å². The molecule has 1 heterocycles. The van der Waals surface area contributed by atoms with Gasteiger partial charge in [-0.3, -0.25) is 9.78 Å². The lowest BCUT2D eigenvalue weighted by atomic mass is 10.0. The number of nitrogens with zero attached hydrogens (tertiary/aromatic N) is 2. The highest BCUT2D eigenvalue weighted by Gasteiger charge is 2.19. The van der Waals surface area contributed by atoms with E-state index in [0.29, 0.717) is 12.0 Å². The number of benzene rings is 2. The zero-order chi connectivity index (χ0) is 20.1. The van der Waals surface area contributed by atoms with E-state index in [4.69, 9.17) is 4.74 Å². The first-order valence-electron chi connectivity index (χ1n) is 9.12. The number of ether oxygens (including phenoxy) is 1. The van der Waals surface area contributed by atoms with Crippen molar-refractivity contribution in [1.29, 1.82) is 0 Å². The van der Waals surface area contributed by atoms with Crippen LogP contribution in [0, 0.1) is 0 Å². The first kappa shape index (κ1) is 19.4. The fourth-order valence-electron chi connectivity index (χ4n) is 3.01. The largest absolute Gasteiger partial charge is 0.508 e. The molecular weight excluding hydrogens is 352 g/mol. The second-order valence-corrected chi connectivity index (χ2v) is 6.83. The number of carbonyl (C=O) groups is 1. The van der Waals surface area contributed by atoms with Crippen molar-refractivity contribution in [2.75, 3.05) is 14.2 Å². The van der Waals surface area contributed by atoms with Crippen LogP contribution in [0.3, 0.4) is 0 Å². The smallest absolute Gasteiger partial charge is 0.255 e. The number of hydrogen-bond donors (Lipinski definition) is 1. The maximum Gasteiger partial charge on any atom is 0.255 e. The third-order valence-corrected chi connectivity index (χ3v) is 4.86. The van der Waals surface area contributed by atoms with Crippen molar-refractivity contribution in [2.45, 2.75) is 19.4 Å². The van der Waals surface area contributed by atoms with Crippen LogP contribution in [-0.4, -0.2) is 41.1 Å². The van der Waals surface area contributed by atoms with Gasteiger partial charge in [-0.2, -0.15) is 0 Å². The molecule has 1 amide bonds. The van der Waals surface area contributed by atoms with Crippen LogP contribution in [0.2, 0.25) is 0 Å². The maximum atomic E-state index is 12.9. The molecule has 1 N–H and O–H groups in total. The minimum Gasteiger partial charge on any atom is -0.508 e. The summed E-state index contributed by atoms with van der Waals surface area (Å²) in [6, 6.07) is 16.6. The lowest BCUT2D eigenvalue weighted by molar-refractivity contribution is 0.0743. The topological polar surface area (TPSA) is 62.7 Å². The Morgan fingerprint density at radius 3 is 2.39 bits per heavy atom. The number of likely N-dealkylation sites (N-methyl/N-ethyl adjacent to an activating group) is 1. The van der Waals surface area contributed by atoms with Crippen molar-refractivity contribution in [3.63, 3.8) is 0 Å². The number of aromatic nitrogens is 1. The number of hydrogen-bond acceptors (Lipinski definition) is 4. The number of carbonyl (C=O) groups excluding carboxylic acids is 1. The van der Waals surface area contributed by atoms with Crippen LogP contribution in [0.4, 0.5) is 0 Å². The molecule has 5 nitrogen and oxygen atoms in total. The van der Waals surface area contributed by atoms with Gasteiger partial charge in [-0.25, -0.2) is 0 Å². The molecule has 5 heteroatoms. The summed E-state index contributed by atoms with van der Waals surface area (Å²) in [5, 5.41) is 9.41. The Hall–Kier alpha value is -3.34. The zero-order valence-corrected chi connectivity index (χ0v) is 16.3. The Bertz CT molecular complexity index is 937. The van der Waals surface area contributed by atoms with Crippen LogP contribution in [0.15, 0.2) is 67.0 Å². The second kappa shape index (κ2) is 8.57. The molecule has 28 heavy (non-hydrogen) atoms. The van der Waals surface area contributed by atoms with E-state index in [1.54, 1.807) is 43.6 Å². The van der Waals surface area contributed by atoms with Crippen LogP contribution in [-0.2, 0) is 6.42 Å². The molecule has 3 rings (SSSR count). The molecule has 1 atom stereocenters. The molecule has 0 fully saturated rings. The molecule has 0 aliphatic heterocycles. The van der Waals surface area contributed by atoms with E-state index in [9.17, 15) is 9.90 Å². The highest BCUT2D eigenvalue weighted by molar-refractivity contribution is 5.95. The van der Waals surface area contributed by atoms with E-state index < -0.39 is 0 Å². The Balaban J connectivity index is 1.74. The van der Waals surface area contributed by atoms with Crippen molar-refractivity contribution in [3.8, 4) is 22.6 Å². The van der Waals surface area contributed by atoms with E-state index in [2.05, 4.69) is 4.98 Å². The fourth-order valence-corrected chi connectivity index (χ4v) is 3.01. The SMILES string of the molecule is COc1ccc(-c2cncc(C(=O)N(C)C(C)Cc3ccc(O)cc3)c2)cc1. The fraction of sp³-hybridized carbons (Fsp3) is 0.217. The monoisotopic (exact) mass is 376 g/mol. The number of amides is 1. The van der Waals surface area contributed by atoms with E-state index in [1.165, 1.54) is 0 Å². The van der Waals surface area contributed by atoms with Gasteiger partial charge in [-0.15, -0.1) is 0 Å². The standard InChI is InChI=1S/C23H24N2O3/c1-16(12-17-4-8-21(26)9-5-17)25(2)23(27)20-13-19(14-24-15-20)18-6-10-22(28-3)11-7-18/h4-11,13-16,26H,12H2,1-3H3. The van der Waals surface area contributed by atoms with E-state index in [1.807, 2.05) is 49.4 Å². The van der Waals surface area contributed by atoms with Gasteiger partial charge < -0.3 is 14.7 Å². The third kappa shape index (κ3) is 4.49. The normalized spacial score (nSPS) is 11.7. The summed E-state index contributed by atoms with van der Waals surface area (Å²) < 4.78 is 5.19. The van der Waals surface area contributed by atoms with E-state index in [0.717, 1.165) is 22.4 Å². The number of rotatable bonds is 6. The van der Waals surface area contributed by atoms with Crippen molar-refractivity contribution in [3.05, 3.63) is 78.1 Å². The van der Waals surface area contributed by atoms with E-state index in [-0.39, 0.29) is 17.7 Å². The average Bonchev–Trinajstić information content (AvgIpc) is 2.74. The molecule has 144 valence electrons. The van der Waals surface area contributed by atoms with Crippen molar-refractivity contribution >= 4 is 5.91 Å². The summed E-state index contributed by atoms with van der Waals surface area (Å²) in [5.74, 6) is 0.947. The molecule has 3 aromatic rings. The Kier molecular flexibility index (Phi) is 5.94. The third-order valence-electron chi connectivity index (χ3n) is 4.86. The molecule has 0 saturated heterocycles. The van der Waals surface area contributed by atoms with Crippen molar-refractivity contribution in [1.82, 2.24) is 9.88 Å². The van der Waals surface area contributed by atoms with Crippen LogP contribution in [0.1, 0.15) is 22.8 Å². The maximum absolute atomic E-state index is 12.9. The summed E-state index contributed by atoms with van der Waals surface area (Å²) in [7, 11) is 3.43. The van der Waals surface area contributed by atoms with Gasteiger partial charge in [0.2, 0.25) is 0 Å². The Labute approximate surface area is 165 Å². The number of phenolic OH excluding ortho intramolecular Hbond substituents is 1. The minimum absolute atomic E-state index is 0.00156. The van der Waals surface area contributed by atoms with Gasteiger partial charge in [-0.05, 0) is 54.8 Å². The van der Waals surface area contributed by atoms with Gasteiger partial charge in [0.25, 0.3) is 5.91 Å². The van der Waals surface area contributed by atoms with Crippen LogP contribution in [0.25, 0.3) is 11.1 Å². The van der Waals surface area contributed by atoms with Gasteiger partial charge in [0.05, 0.1) is 12.7 Å². The van der Waals surface area contributed by atoms with Gasteiger partial charge >= 0.3 is 0 Å². The lowest BCUT2D eigenvalue weighted by Gasteiger charge is -2.25. The van der Waals surface area contributed by atoms with E-state index >= 15 is 0 Å². The molecule has 0 aliphatic carbocycles. The number of aromatic hydroxyl groups is 1. The first-order chi connectivity index (χ1) is 13.5. The van der Waals surface area contributed by atoms with Crippen molar-refractivity contribution in [2.24, 2.45) is 0 Å². The molecule has 2 aromatic carbocycles. The summed E-state index contributed by atoms with van der Waals surface area (Å²) in [4.78, 5) is 18.9. The summed E-state index contributed by atoms with van der Waals surface area (Å²) in [6.45, 7) is 2.01. The molecule has 1 aromatic heterocycles. The predicted molar refractivity (Wildman–Crippen MR) is 110 cm³/mol. The van der Waals surface area contributed by atoms with Crippen LogP contribution in [0.5, 0.6) is 11.5 Å². The van der Waals surface area contributed by atoms with Gasteiger partial charge in [-0.1, -0.05) is 24.3 Å². The molecule has 0 saturated carbocycles. The Morgan fingerprint density at radius 2 is 1.75 bits per heavy atom. The number of methoxy groups -OCH3 is 1. The molecule has 1 unspecified atom stereocenters. The molecule has 0 radical (unpaired) electrons. The zero-order valence-electron chi connectivity index (χ0n) is 16.3. The van der Waals surface area contributed by atoms with Gasteiger partial charge in [0.15, 0.2) is 0 Å². The number of pyridine rings is 1. The highest BCUT2D eigenvalue weighted by Crippen LogP contribution is 2.23. The molecule has 0 spiro atoms. The van der Waals surface area contributed by atoms with Crippen LogP contribution >= 0.6 is 0 Å². The summed E-state index contributed by atoms with van der Waals surface area (Å²) >= 11 is 0. The molecule has 0 bridgehead atoms. The lowest BCUT2D eigenvalue weighted by Crippen LogP contribution is -2.36. The first-order valence-corrected chi connectivity index (χ1v) is 9.12. The minimum atomic E-state index is -0.0749. The van der Waals surface area contributed by atoms with Crippen LogP contribution < -0.4 is 4.74 Å². The quantitative estimate of drug-likeness (QED) is 0.701. The second-order valence-electron chi connectivity index (χ2n) is 6.83. The predicted octanol–water partition coefficient (Wildman–Crippen LogP) is 4.17. The molecular formula is C23H24N2O3. The van der Waals surface area contributed by atoms with Gasteiger partial charge in [0, 0.05) is 31.0 Å². The van der Waals surface area contributed by atoms with Crippen molar-refractivity contribution < 1.29 is 14.6 Å².